The molecular weight excluding hydrogens is 366 g/mol. The molecule has 0 bridgehead atoms. The lowest BCUT2D eigenvalue weighted by molar-refractivity contribution is 0.0759. The first-order valence-corrected chi connectivity index (χ1v) is 9.54. The van der Waals surface area contributed by atoms with Crippen molar-refractivity contribution in [2.75, 3.05) is 40.7 Å². The van der Waals surface area contributed by atoms with E-state index < -0.39 is 0 Å². The van der Waals surface area contributed by atoms with Gasteiger partial charge in [0.2, 0.25) is 0 Å². The van der Waals surface area contributed by atoms with Gasteiger partial charge in [-0.05, 0) is 30.3 Å². The quantitative estimate of drug-likeness (QED) is 0.752. The van der Waals surface area contributed by atoms with Crippen molar-refractivity contribution in [3.63, 3.8) is 0 Å². The number of rotatable bonds is 6. The molecule has 1 unspecified atom stereocenters. The molecular formula is C20H23NO5S. The van der Waals surface area contributed by atoms with E-state index in [2.05, 4.69) is 0 Å². The van der Waals surface area contributed by atoms with Crippen LogP contribution in [0, 0.1) is 0 Å². The SMILES string of the molecule is COc1ccc(C(=O)N2CCSC2c2cc(OC)c(OC)cc2OC)cc1. The van der Waals surface area contributed by atoms with Crippen LogP contribution in [-0.4, -0.2) is 51.5 Å². The maximum absolute atomic E-state index is 13.1. The lowest BCUT2D eigenvalue weighted by Crippen LogP contribution is -2.30. The number of benzene rings is 2. The highest BCUT2D eigenvalue weighted by Gasteiger charge is 2.34. The second-order valence-electron chi connectivity index (χ2n) is 5.90. The molecule has 1 amide bonds. The number of carbonyl (C=O) groups excluding carboxylic acids is 1. The van der Waals surface area contributed by atoms with Gasteiger partial charge in [-0.15, -0.1) is 11.8 Å². The molecule has 1 fully saturated rings. The zero-order valence-corrected chi connectivity index (χ0v) is 16.7. The lowest BCUT2D eigenvalue weighted by atomic mass is 10.1. The molecule has 0 aliphatic carbocycles. The summed E-state index contributed by atoms with van der Waals surface area (Å²) in [6.45, 7) is 0.664. The monoisotopic (exact) mass is 389 g/mol. The Balaban J connectivity index is 1.94. The van der Waals surface area contributed by atoms with E-state index in [-0.39, 0.29) is 11.3 Å². The fourth-order valence-corrected chi connectivity index (χ4v) is 4.35. The van der Waals surface area contributed by atoms with E-state index in [0.717, 1.165) is 17.1 Å². The van der Waals surface area contributed by atoms with E-state index in [9.17, 15) is 4.79 Å². The molecule has 0 aromatic heterocycles. The van der Waals surface area contributed by atoms with Crippen molar-refractivity contribution in [1.29, 1.82) is 0 Å². The van der Waals surface area contributed by atoms with E-state index in [4.69, 9.17) is 18.9 Å². The van der Waals surface area contributed by atoms with Gasteiger partial charge in [-0.3, -0.25) is 4.79 Å². The van der Waals surface area contributed by atoms with Crippen LogP contribution in [0.5, 0.6) is 23.0 Å². The van der Waals surface area contributed by atoms with Crippen LogP contribution < -0.4 is 18.9 Å². The summed E-state index contributed by atoms with van der Waals surface area (Å²) in [5, 5.41) is -0.158. The van der Waals surface area contributed by atoms with Gasteiger partial charge in [0.15, 0.2) is 11.5 Å². The van der Waals surface area contributed by atoms with Crippen LogP contribution in [0.15, 0.2) is 36.4 Å². The van der Waals surface area contributed by atoms with Crippen LogP contribution in [0.1, 0.15) is 21.3 Å². The molecule has 0 spiro atoms. The summed E-state index contributed by atoms with van der Waals surface area (Å²) in [4.78, 5) is 14.9. The molecule has 1 heterocycles. The summed E-state index contributed by atoms with van der Waals surface area (Å²) in [6, 6.07) is 10.8. The predicted molar refractivity (Wildman–Crippen MR) is 105 cm³/mol. The molecule has 27 heavy (non-hydrogen) atoms. The van der Waals surface area contributed by atoms with E-state index in [1.807, 2.05) is 11.0 Å². The number of carbonyl (C=O) groups is 1. The van der Waals surface area contributed by atoms with Gasteiger partial charge in [-0.2, -0.15) is 0 Å². The Kier molecular flexibility index (Phi) is 6.01. The Hall–Kier alpha value is -2.54. The first-order chi connectivity index (χ1) is 13.1. The van der Waals surface area contributed by atoms with Crippen LogP contribution in [0.25, 0.3) is 0 Å². The fourth-order valence-electron chi connectivity index (χ4n) is 3.08. The molecule has 2 aromatic rings. The van der Waals surface area contributed by atoms with E-state index >= 15 is 0 Å². The number of nitrogens with zero attached hydrogens (tertiary/aromatic N) is 1. The summed E-state index contributed by atoms with van der Waals surface area (Å²) < 4.78 is 21.5. The van der Waals surface area contributed by atoms with Gasteiger partial charge in [-0.25, -0.2) is 0 Å². The van der Waals surface area contributed by atoms with Gasteiger partial charge in [0.25, 0.3) is 5.91 Å². The Morgan fingerprint density at radius 3 is 2.15 bits per heavy atom. The normalized spacial score (nSPS) is 16.1. The summed E-state index contributed by atoms with van der Waals surface area (Å²) in [5.41, 5.74) is 1.52. The van der Waals surface area contributed by atoms with Crippen LogP contribution in [0.3, 0.4) is 0 Å². The molecule has 7 heteroatoms. The van der Waals surface area contributed by atoms with E-state index in [1.165, 1.54) is 0 Å². The molecule has 1 aliphatic heterocycles. The Morgan fingerprint density at radius 2 is 1.56 bits per heavy atom. The molecule has 2 aromatic carbocycles. The standard InChI is InChI=1S/C20H23NO5S/c1-23-14-7-5-13(6-8-14)19(22)21-9-10-27-20(21)15-11-17(25-3)18(26-4)12-16(15)24-2/h5-8,11-12,20H,9-10H2,1-4H3. The number of methoxy groups -OCH3 is 4. The Morgan fingerprint density at radius 1 is 0.926 bits per heavy atom. The number of amides is 1. The minimum Gasteiger partial charge on any atom is -0.497 e. The van der Waals surface area contributed by atoms with Crippen LogP contribution in [-0.2, 0) is 0 Å². The van der Waals surface area contributed by atoms with Gasteiger partial charge in [-0.1, -0.05) is 0 Å². The molecule has 1 atom stereocenters. The topological polar surface area (TPSA) is 57.2 Å². The molecule has 0 radical (unpaired) electrons. The maximum atomic E-state index is 13.1. The molecule has 1 aliphatic rings. The van der Waals surface area contributed by atoms with Crippen molar-refractivity contribution >= 4 is 17.7 Å². The highest BCUT2D eigenvalue weighted by molar-refractivity contribution is 7.99. The molecule has 0 saturated carbocycles. The zero-order valence-electron chi connectivity index (χ0n) is 15.9. The van der Waals surface area contributed by atoms with Gasteiger partial charge in [0, 0.05) is 29.5 Å². The molecule has 1 saturated heterocycles. The summed E-state index contributed by atoms with van der Waals surface area (Å²) in [5.74, 6) is 3.42. The van der Waals surface area contributed by atoms with Crippen molar-refractivity contribution < 1.29 is 23.7 Å². The number of ether oxygens (including phenoxy) is 4. The highest BCUT2D eigenvalue weighted by atomic mass is 32.2. The minimum atomic E-state index is -0.158. The third-order valence-electron chi connectivity index (χ3n) is 4.49. The number of hydrogen-bond donors (Lipinski definition) is 0. The van der Waals surface area contributed by atoms with Crippen molar-refractivity contribution in [1.82, 2.24) is 4.90 Å². The van der Waals surface area contributed by atoms with Crippen molar-refractivity contribution in [3.05, 3.63) is 47.5 Å². The number of hydrogen-bond acceptors (Lipinski definition) is 6. The average Bonchev–Trinajstić information content (AvgIpc) is 3.21. The second-order valence-corrected chi connectivity index (χ2v) is 7.09. The van der Waals surface area contributed by atoms with Gasteiger partial charge < -0.3 is 23.8 Å². The minimum absolute atomic E-state index is 0.0236. The van der Waals surface area contributed by atoms with E-state index in [1.54, 1.807) is 70.5 Å². The van der Waals surface area contributed by atoms with Crippen molar-refractivity contribution in [2.45, 2.75) is 5.37 Å². The summed E-state index contributed by atoms with van der Waals surface area (Å²) >= 11 is 1.70. The summed E-state index contributed by atoms with van der Waals surface area (Å²) in [6.07, 6.45) is 0. The van der Waals surface area contributed by atoms with Gasteiger partial charge >= 0.3 is 0 Å². The molecule has 3 rings (SSSR count). The first-order valence-electron chi connectivity index (χ1n) is 8.49. The second kappa shape index (κ2) is 8.43. The molecule has 0 N–H and O–H groups in total. The largest absolute Gasteiger partial charge is 0.497 e. The Labute approximate surface area is 163 Å². The van der Waals surface area contributed by atoms with Crippen molar-refractivity contribution in [3.8, 4) is 23.0 Å². The predicted octanol–water partition coefficient (Wildman–Crippen LogP) is 3.61. The highest BCUT2D eigenvalue weighted by Crippen LogP contribution is 2.46. The van der Waals surface area contributed by atoms with Crippen LogP contribution >= 0.6 is 11.8 Å². The third kappa shape index (κ3) is 3.78. The Bertz CT molecular complexity index is 809. The zero-order chi connectivity index (χ0) is 19.4. The van der Waals surface area contributed by atoms with E-state index in [0.29, 0.717) is 29.4 Å². The van der Waals surface area contributed by atoms with Gasteiger partial charge in [0.05, 0.1) is 28.4 Å². The summed E-state index contributed by atoms with van der Waals surface area (Å²) in [7, 11) is 6.39. The molecule has 144 valence electrons. The average molecular weight is 389 g/mol. The third-order valence-corrected chi connectivity index (χ3v) is 5.73. The van der Waals surface area contributed by atoms with Crippen LogP contribution in [0.2, 0.25) is 0 Å². The first kappa shape index (κ1) is 19.2. The fraction of sp³-hybridized carbons (Fsp3) is 0.350. The molecule has 6 nitrogen and oxygen atoms in total. The lowest BCUT2D eigenvalue weighted by Gasteiger charge is -2.26. The van der Waals surface area contributed by atoms with Gasteiger partial charge in [0.1, 0.15) is 16.9 Å². The smallest absolute Gasteiger partial charge is 0.255 e. The number of thioether (sulfide) groups is 1. The maximum Gasteiger partial charge on any atom is 0.255 e. The van der Waals surface area contributed by atoms with Crippen molar-refractivity contribution in [2.24, 2.45) is 0 Å². The van der Waals surface area contributed by atoms with Crippen LogP contribution in [0.4, 0.5) is 0 Å².